The zero-order chi connectivity index (χ0) is 17.4. The van der Waals surface area contributed by atoms with Crippen LogP contribution in [0.4, 0.5) is 0 Å². The van der Waals surface area contributed by atoms with Crippen molar-refractivity contribution in [1.29, 1.82) is 0 Å². The number of nitrogens with two attached hydrogens (primary N) is 1. The van der Waals surface area contributed by atoms with Gasteiger partial charge in [-0.25, -0.2) is 4.79 Å². The molecule has 0 saturated carbocycles. The third kappa shape index (κ3) is 6.45. The standard InChI is InChI=1S/C15H20N2O6/c1-9(18)13(15(21)22)17-14(20)11(16)7-12(19)23-8-10-5-3-2-4-6-10/h2-6,9,11,13,18H,7-8,16H2,1H3,(H,17,20)(H,21,22)/t9-,11+,13+/m1/s1. The predicted molar refractivity (Wildman–Crippen MR) is 80.1 cm³/mol. The van der Waals surface area contributed by atoms with Crippen LogP contribution in [-0.2, 0) is 25.7 Å². The number of nitrogens with one attached hydrogen (secondary N) is 1. The molecule has 0 bridgehead atoms. The van der Waals surface area contributed by atoms with E-state index in [2.05, 4.69) is 5.32 Å². The van der Waals surface area contributed by atoms with Crippen LogP contribution in [0, 0.1) is 0 Å². The normalized spacial score (nSPS) is 14.4. The molecule has 0 radical (unpaired) electrons. The van der Waals surface area contributed by atoms with Gasteiger partial charge in [0.1, 0.15) is 6.61 Å². The summed E-state index contributed by atoms with van der Waals surface area (Å²) in [5.74, 6) is -2.93. The van der Waals surface area contributed by atoms with E-state index >= 15 is 0 Å². The molecule has 3 atom stereocenters. The summed E-state index contributed by atoms with van der Waals surface area (Å²) in [6.45, 7) is 1.28. The van der Waals surface area contributed by atoms with Crippen molar-refractivity contribution in [3.63, 3.8) is 0 Å². The van der Waals surface area contributed by atoms with Gasteiger partial charge in [-0.1, -0.05) is 30.3 Å². The van der Waals surface area contributed by atoms with Crippen LogP contribution in [0.5, 0.6) is 0 Å². The second kappa shape index (κ2) is 8.86. The van der Waals surface area contributed by atoms with Crippen molar-refractivity contribution < 1.29 is 29.3 Å². The quantitative estimate of drug-likeness (QED) is 0.468. The van der Waals surface area contributed by atoms with Crippen LogP contribution < -0.4 is 11.1 Å². The largest absolute Gasteiger partial charge is 0.480 e. The molecule has 8 heteroatoms. The van der Waals surface area contributed by atoms with Crippen LogP contribution >= 0.6 is 0 Å². The van der Waals surface area contributed by atoms with Crippen LogP contribution in [0.1, 0.15) is 18.9 Å². The fraction of sp³-hybridized carbons (Fsp3) is 0.400. The second-order valence-electron chi connectivity index (χ2n) is 5.02. The minimum atomic E-state index is -1.49. The van der Waals surface area contributed by atoms with Gasteiger partial charge < -0.3 is 26.0 Å². The number of rotatable bonds is 8. The van der Waals surface area contributed by atoms with Crippen molar-refractivity contribution in [1.82, 2.24) is 5.32 Å². The third-order valence-corrected chi connectivity index (χ3v) is 3.01. The summed E-state index contributed by atoms with van der Waals surface area (Å²) in [5, 5.41) is 20.2. The SMILES string of the molecule is C[C@@H](O)[C@H](NC(=O)[C@@H](N)CC(=O)OCc1ccccc1)C(=O)O. The van der Waals surface area contributed by atoms with Crippen molar-refractivity contribution in [3.05, 3.63) is 35.9 Å². The summed E-state index contributed by atoms with van der Waals surface area (Å²) >= 11 is 0. The highest BCUT2D eigenvalue weighted by Crippen LogP contribution is 2.03. The minimum Gasteiger partial charge on any atom is -0.480 e. The number of carboxylic acids is 1. The summed E-state index contributed by atoms with van der Waals surface area (Å²) in [4.78, 5) is 34.3. The summed E-state index contributed by atoms with van der Waals surface area (Å²) in [6.07, 6.45) is -1.70. The van der Waals surface area contributed by atoms with E-state index in [0.29, 0.717) is 0 Å². The number of aliphatic hydroxyl groups excluding tert-OH is 1. The number of benzene rings is 1. The molecular weight excluding hydrogens is 304 g/mol. The highest BCUT2D eigenvalue weighted by atomic mass is 16.5. The van der Waals surface area contributed by atoms with Gasteiger partial charge in [0.2, 0.25) is 5.91 Å². The van der Waals surface area contributed by atoms with Crippen LogP contribution in [0.25, 0.3) is 0 Å². The number of carboxylic acid groups (broad SMARTS) is 1. The van der Waals surface area contributed by atoms with Gasteiger partial charge in [-0.05, 0) is 12.5 Å². The molecule has 0 saturated heterocycles. The summed E-state index contributed by atoms with van der Waals surface area (Å²) in [7, 11) is 0. The van der Waals surface area contributed by atoms with E-state index in [-0.39, 0.29) is 6.61 Å². The first-order valence-electron chi connectivity index (χ1n) is 6.97. The maximum atomic E-state index is 11.8. The zero-order valence-electron chi connectivity index (χ0n) is 12.6. The van der Waals surface area contributed by atoms with Crippen LogP contribution in [0.2, 0.25) is 0 Å². The van der Waals surface area contributed by atoms with Gasteiger partial charge in [0, 0.05) is 0 Å². The monoisotopic (exact) mass is 324 g/mol. The Morgan fingerprint density at radius 1 is 1.26 bits per heavy atom. The van der Waals surface area contributed by atoms with Crippen molar-refractivity contribution in [2.45, 2.75) is 38.1 Å². The lowest BCUT2D eigenvalue weighted by molar-refractivity contribution is -0.147. The fourth-order valence-electron chi connectivity index (χ4n) is 1.72. The molecule has 0 aliphatic carbocycles. The highest BCUT2D eigenvalue weighted by Gasteiger charge is 2.28. The molecule has 0 aromatic heterocycles. The Kier molecular flexibility index (Phi) is 7.17. The van der Waals surface area contributed by atoms with Gasteiger partial charge in [-0.15, -0.1) is 0 Å². The maximum absolute atomic E-state index is 11.8. The van der Waals surface area contributed by atoms with Gasteiger partial charge in [0.15, 0.2) is 6.04 Å². The summed E-state index contributed by atoms with van der Waals surface area (Å²) in [5.41, 5.74) is 6.34. The molecule has 0 aliphatic rings. The molecule has 0 spiro atoms. The Balaban J connectivity index is 2.44. The molecule has 126 valence electrons. The van der Waals surface area contributed by atoms with Gasteiger partial charge in [-0.3, -0.25) is 9.59 Å². The van der Waals surface area contributed by atoms with Crippen molar-refractivity contribution in [2.24, 2.45) is 5.73 Å². The molecule has 5 N–H and O–H groups in total. The van der Waals surface area contributed by atoms with E-state index in [1.54, 1.807) is 24.3 Å². The summed E-state index contributed by atoms with van der Waals surface area (Å²) in [6, 6.07) is 6.22. The third-order valence-electron chi connectivity index (χ3n) is 3.01. The molecule has 0 heterocycles. The Labute approximate surface area is 133 Å². The number of hydrogen-bond donors (Lipinski definition) is 4. The zero-order valence-corrected chi connectivity index (χ0v) is 12.6. The van der Waals surface area contributed by atoms with E-state index in [1.165, 1.54) is 6.92 Å². The molecule has 1 rings (SSSR count). The number of carbonyl (C=O) groups is 3. The number of hydrogen-bond acceptors (Lipinski definition) is 6. The molecule has 0 unspecified atom stereocenters. The van der Waals surface area contributed by atoms with E-state index in [9.17, 15) is 19.5 Å². The molecule has 23 heavy (non-hydrogen) atoms. The number of esters is 1. The Hall–Kier alpha value is -2.45. The number of carbonyl (C=O) groups excluding carboxylic acids is 2. The molecule has 1 amide bonds. The molecule has 1 aromatic carbocycles. The van der Waals surface area contributed by atoms with Crippen molar-refractivity contribution in [3.8, 4) is 0 Å². The second-order valence-corrected chi connectivity index (χ2v) is 5.02. The number of aliphatic carboxylic acids is 1. The van der Waals surface area contributed by atoms with Crippen molar-refractivity contribution in [2.75, 3.05) is 0 Å². The fourth-order valence-corrected chi connectivity index (χ4v) is 1.72. The number of aliphatic hydroxyl groups is 1. The van der Waals surface area contributed by atoms with Gasteiger partial charge in [0.05, 0.1) is 18.6 Å². The predicted octanol–water partition coefficient (Wildman–Crippen LogP) is -0.603. The molecule has 0 fully saturated rings. The minimum absolute atomic E-state index is 0.0550. The van der Waals surface area contributed by atoms with Gasteiger partial charge in [-0.2, -0.15) is 0 Å². The summed E-state index contributed by atoms with van der Waals surface area (Å²) < 4.78 is 4.98. The first-order chi connectivity index (χ1) is 10.8. The first kappa shape index (κ1) is 18.6. The molecule has 8 nitrogen and oxygen atoms in total. The average molecular weight is 324 g/mol. The Bertz CT molecular complexity index is 546. The number of amides is 1. The lowest BCUT2D eigenvalue weighted by Gasteiger charge is -2.19. The topological polar surface area (TPSA) is 139 Å². The van der Waals surface area contributed by atoms with Crippen LogP contribution in [0.3, 0.4) is 0 Å². The van der Waals surface area contributed by atoms with E-state index in [4.69, 9.17) is 15.6 Å². The van der Waals surface area contributed by atoms with Crippen LogP contribution in [-0.4, -0.2) is 46.2 Å². The average Bonchev–Trinajstić information content (AvgIpc) is 2.50. The smallest absolute Gasteiger partial charge is 0.328 e. The highest BCUT2D eigenvalue weighted by molar-refractivity contribution is 5.89. The van der Waals surface area contributed by atoms with Gasteiger partial charge >= 0.3 is 11.9 Å². The maximum Gasteiger partial charge on any atom is 0.328 e. The Morgan fingerprint density at radius 3 is 2.39 bits per heavy atom. The van der Waals surface area contributed by atoms with Crippen molar-refractivity contribution >= 4 is 17.8 Å². The molecule has 1 aromatic rings. The lowest BCUT2D eigenvalue weighted by Crippen LogP contribution is -2.53. The van der Waals surface area contributed by atoms with E-state index in [0.717, 1.165) is 5.56 Å². The van der Waals surface area contributed by atoms with E-state index in [1.807, 2.05) is 6.07 Å². The lowest BCUT2D eigenvalue weighted by atomic mass is 10.1. The number of ether oxygens (including phenoxy) is 1. The molecular formula is C15H20N2O6. The van der Waals surface area contributed by atoms with E-state index < -0.39 is 42.5 Å². The molecule has 0 aliphatic heterocycles. The Morgan fingerprint density at radius 2 is 1.87 bits per heavy atom. The van der Waals surface area contributed by atoms with Gasteiger partial charge in [0.25, 0.3) is 0 Å². The van der Waals surface area contributed by atoms with Crippen LogP contribution in [0.15, 0.2) is 30.3 Å². The first-order valence-corrected chi connectivity index (χ1v) is 6.97.